The lowest BCUT2D eigenvalue weighted by atomic mass is 9.94. The second-order valence-corrected chi connectivity index (χ2v) is 9.47. The Kier molecular flexibility index (Phi) is 8.40. The van der Waals surface area contributed by atoms with Gasteiger partial charge in [-0.15, -0.1) is 5.10 Å². The van der Waals surface area contributed by atoms with Crippen LogP contribution in [0.3, 0.4) is 0 Å². The molecule has 238 valence electrons. The van der Waals surface area contributed by atoms with Crippen LogP contribution < -0.4 is 15.5 Å². The second-order valence-electron chi connectivity index (χ2n) is 9.47. The molecule has 0 saturated carbocycles. The van der Waals surface area contributed by atoms with E-state index in [1.54, 1.807) is 18.3 Å². The third-order valence-electron chi connectivity index (χ3n) is 6.36. The highest BCUT2D eigenvalue weighted by Gasteiger charge is 2.38. The fourth-order valence-corrected chi connectivity index (χ4v) is 4.30. The van der Waals surface area contributed by atoms with Crippen LogP contribution in [-0.2, 0) is 11.0 Å². The Labute approximate surface area is 253 Å². The van der Waals surface area contributed by atoms with Crippen LogP contribution in [-0.4, -0.2) is 67.2 Å². The Morgan fingerprint density at radius 3 is 2.50 bits per heavy atom. The van der Waals surface area contributed by atoms with E-state index in [9.17, 15) is 31.1 Å². The van der Waals surface area contributed by atoms with Crippen LogP contribution in [0.4, 0.5) is 49.8 Å². The van der Waals surface area contributed by atoms with Gasteiger partial charge in [-0.25, -0.2) is 9.78 Å². The number of carboxylic acids is 1. The summed E-state index contributed by atoms with van der Waals surface area (Å²) in [5, 5.41) is 20.0. The van der Waals surface area contributed by atoms with Gasteiger partial charge in [-0.05, 0) is 48.4 Å². The van der Waals surface area contributed by atoms with Crippen molar-refractivity contribution in [1.29, 1.82) is 0 Å². The molecule has 0 aliphatic carbocycles. The normalized spacial score (nSPS) is 13.8. The summed E-state index contributed by atoms with van der Waals surface area (Å²) in [5.41, 5.74) is 2.35. The lowest BCUT2D eigenvalue weighted by Gasteiger charge is -2.28. The van der Waals surface area contributed by atoms with Crippen LogP contribution in [0.15, 0.2) is 58.5 Å². The summed E-state index contributed by atoms with van der Waals surface area (Å²) in [4.78, 5) is 41.0. The predicted molar refractivity (Wildman–Crippen MR) is 149 cm³/mol. The summed E-state index contributed by atoms with van der Waals surface area (Å²) in [6.45, 7) is 3.08. The van der Waals surface area contributed by atoms with Crippen molar-refractivity contribution in [2.45, 2.75) is 19.3 Å². The molecule has 1 amide bonds. The standard InChI is InChI=1S/C25H18F3N9O2.C2HF3O2/c1-13-2-3-16(33-22(38)19-9-15(4-5-29-19)25(26,27)28)10-17(13)18-8-14-11-31-23(35-24-36-32-12-39-24)34-20(14)37-7-6-30-21(18)37;3-2(4,5)1(6)7/h2-5,8-12H,6-7H2,1H3,(H,33,38)(H,31,34,35,36);(H,6,7). The molecule has 0 fully saturated rings. The molecule has 0 radical (unpaired) electrons. The first-order chi connectivity index (χ1) is 21.7. The van der Waals surface area contributed by atoms with Gasteiger partial charge in [0.25, 0.3) is 5.91 Å². The maximum absolute atomic E-state index is 13.1. The molecule has 0 bridgehead atoms. The van der Waals surface area contributed by atoms with Gasteiger partial charge in [0.15, 0.2) is 0 Å². The molecule has 0 unspecified atom stereocenters. The number of halogens is 6. The second kappa shape index (κ2) is 12.3. The quantitative estimate of drug-likeness (QED) is 0.250. The number of nitrogens with zero attached hydrogens (tertiary/aromatic N) is 7. The average molecular weight is 647 g/mol. The number of aliphatic carboxylic acids is 1. The Morgan fingerprint density at radius 1 is 1.07 bits per heavy atom. The Morgan fingerprint density at radius 2 is 1.83 bits per heavy atom. The van der Waals surface area contributed by atoms with Crippen molar-refractivity contribution in [3.63, 3.8) is 0 Å². The van der Waals surface area contributed by atoms with Crippen LogP contribution in [0, 0.1) is 6.92 Å². The van der Waals surface area contributed by atoms with Crippen molar-refractivity contribution < 1.29 is 45.5 Å². The molecule has 6 rings (SSSR count). The lowest BCUT2D eigenvalue weighted by molar-refractivity contribution is -0.192. The average Bonchev–Trinajstić information content (AvgIpc) is 3.70. The number of carbonyl (C=O) groups is 2. The van der Waals surface area contributed by atoms with Gasteiger partial charge in [-0.3, -0.25) is 20.1 Å². The predicted octanol–water partition coefficient (Wildman–Crippen LogP) is 4.98. The number of carboxylic acid groups (broad SMARTS) is 1. The molecule has 19 heteroatoms. The minimum Gasteiger partial charge on any atom is -0.475 e. The number of alkyl halides is 6. The fraction of sp³-hybridized carbons (Fsp3) is 0.185. The number of hydrogen-bond acceptors (Lipinski definition) is 11. The molecule has 3 aromatic heterocycles. The molecule has 46 heavy (non-hydrogen) atoms. The van der Waals surface area contributed by atoms with Gasteiger partial charge in [0.2, 0.25) is 12.3 Å². The smallest absolute Gasteiger partial charge is 0.475 e. The van der Waals surface area contributed by atoms with Crippen molar-refractivity contribution in [3.8, 4) is 0 Å². The number of aromatic nitrogens is 5. The molecule has 2 aliphatic rings. The summed E-state index contributed by atoms with van der Waals surface area (Å²) < 4.78 is 76.1. The van der Waals surface area contributed by atoms with E-state index in [4.69, 9.17) is 14.3 Å². The van der Waals surface area contributed by atoms with E-state index in [2.05, 4.69) is 40.8 Å². The molecule has 0 atom stereocenters. The van der Waals surface area contributed by atoms with Gasteiger partial charge in [0.1, 0.15) is 17.3 Å². The first-order valence-electron chi connectivity index (χ1n) is 12.9. The van der Waals surface area contributed by atoms with Gasteiger partial charge in [0.05, 0.1) is 12.1 Å². The number of rotatable bonds is 5. The molecule has 2 aliphatic heterocycles. The molecule has 0 spiro atoms. The molecule has 0 saturated heterocycles. The number of pyridine rings is 1. The third-order valence-corrected chi connectivity index (χ3v) is 6.36. The summed E-state index contributed by atoms with van der Waals surface area (Å²) in [5.74, 6) is -1.87. The van der Waals surface area contributed by atoms with E-state index in [-0.39, 0.29) is 17.7 Å². The van der Waals surface area contributed by atoms with Crippen molar-refractivity contribution in [2.24, 2.45) is 4.99 Å². The van der Waals surface area contributed by atoms with Gasteiger partial charge >= 0.3 is 24.3 Å². The van der Waals surface area contributed by atoms with E-state index >= 15 is 0 Å². The SMILES string of the molecule is Cc1ccc(NC(=O)c2cc(C(F)(F)F)ccn2)cc1C1=Cc2cnc(Nc3nnco3)nc2N2CCN=C12.O=C(O)C(F)(F)F. The molecule has 5 heterocycles. The Hall–Kier alpha value is -5.88. The third kappa shape index (κ3) is 6.92. The molecular formula is C27H19F6N9O4. The molecule has 13 nitrogen and oxygen atoms in total. The van der Waals surface area contributed by atoms with Gasteiger partial charge in [-0.2, -0.15) is 31.3 Å². The van der Waals surface area contributed by atoms with Gasteiger partial charge in [-0.1, -0.05) is 11.2 Å². The zero-order valence-corrected chi connectivity index (χ0v) is 23.2. The number of benzene rings is 1. The zero-order chi connectivity index (χ0) is 33.2. The van der Waals surface area contributed by atoms with Crippen LogP contribution in [0.1, 0.15) is 32.7 Å². The number of nitrogens with one attached hydrogen (secondary N) is 2. The molecule has 3 N–H and O–H groups in total. The van der Waals surface area contributed by atoms with Crippen molar-refractivity contribution in [2.75, 3.05) is 28.6 Å². The number of hydrogen-bond donors (Lipinski definition) is 3. The summed E-state index contributed by atoms with van der Waals surface area (Å²) >= 11 is 0. The number of aryl methyl sites for hydroxylation is 1. The first-order valence-corrected chi connectivity index (χ1v) is 12.9. The number of amides is 1. The number of anilines is 4. The van der Waals surface area contributed by atoms with Crippen LogP contribution >= 0.6 is 0 Å². The maximum Gasteiger partial charge on any atom is 0.490 e. The van der Waals surface area contributed by atoms with Crippen LogP contribution in [0.2, 0.25) is 0 Å². The number of aliphatic imine (C=N–C) groups is 1. The van der Waals surface area contributed by atoms with E-state index < -0.39 is 29.8 Å². The highest BCUT2D eigenvalue weighted by molar-refractivity contribution is 6.36. The maximum atomic E-state index is 13.1. The number of amidine groups is 1. The monoisotopic (exact) mass is 647 g/mol. The largest absolute Gasteiger partial charge is 0.490 e. The van der Waals surface area contributed by atoms with E-state index in [1.807, 2.05) is 24.0 Å². The first kappa shape index (κ1) is 31.5. The van der Waals surface area contributed by atoms with Gasteiger partial charge in [0, 0.05) is 35.8 Å². The lowest BCUT2D eigenvalue weighted by Crippen LogP contribution is -2.32. The van der Waals surface area contributed by atoms with E-state index in [0.29, 0.717) is 30.4 Å². The van der Waals surface area contributed by atoms with Crippen molar-refractivity contribution in [3.05, 3.63) is 77.1 Å². The minimum absolute atomic E-state index is 0.159. The molecular weight excluding hydrogens is 628 g/mol. The minimum atomic E-state index is -5.08. The highest BCUT2D eigenvalue weighted by Crippen LogP contribution is 2.37. The van der Waals surface area contributed by atoms with Crippen molar-refractivity contribution in [1.82, 2.24) is 25.1 Å². The summed E-state index contributed by atoms with van der Waals surface area (Å²) in [6.07, 6.45) is -3.94. The van der Waals surface area contributed by atoms with Crippen LogP contribution in [0.5, 0.6) is 0 Å². The fourth-order valence-electron chi connectivity index (χ4n) is 4.30. The number of carbonyl (C=O) groups excluding carboxylic acids is 1. The van der Waals surface area contributed by atoms with E-state index in [1.165, 1.54) is 6.39 Å². The molecule has 1 aromatic carbocycles. The summed E-state index contributed by atoms with van der Waals surface area (Å²) in [6, 6.07) is 6.94. The molecule has 4 aromatic rings. The summed E-state index contributed by atoms with van der Waals surface area (Å²) in [7, 11) is 0. The highest BCUT2D eigenvalue weighted by atomic mass is 19.4. The van der Waals surface area contributed by atoms with E-state index in [0.717, 1.165) is 40.6 Å². The topological polar surface area (TPSA) is 172 Å². The zero-order valence-electron chi connectivity index (χ0n) is 23.2. The van der Waals surface area contributed by atoms with Crippen molar-refractivity contribution >= 4 is 52.8 Å². The van der Waals surface area contributed by atoms with Crippen LogP contribution in [0.25, 0.3) is 11.6 Å². The number of fused-ring (bicyclic) bond motifs is 3. The van der Waals surface area contributed by atoms with Gasteiger partial charge < -0.3 is 19.7 Å². The Bertz CT molecular complexity index is 1860. The Balaban J connectivity index is 0.000000537.